The van der Waals surface area contributed by atoms with E-state index >= 15 is 0 Å². The van der Waals surface area contributed by atoms with Gasteiger partial charge < -0.3 is 4.42 Å². The largest absolute Gasteiger partial charge is 0.461 e. The summed E-state index contributed by atoms with van der Waals surface area (Å²) >= 11 is 5.86. The molecule has 1 fully saturated rings. The molecule has 116 valence electrons. The average molecular weight is 328 g/mol. The Hall–Kier alpha value is -2.38. The predicted molar refractivity (Wildman–Crippen MR) is 84.2 cm³/mol. The molecule has 23 heavy (non-hydrogen) atoms. The van der Waals surface area contributed by atoms with E-state index < -0.39 is 11.7 Å². The number of halogens is 1. The molecule has 0 saturated heterocycles. The molecule has 0 unspecified atom stereocenters. The third-order valence-electron chi connectivity index (χ3n) is 4.22. The summed E-state index contributed by atoms with van der Waals surface area (Å²) in [5, 5.41) is 9.91. The van der Waals surface area contributed by atoms with Crippen LogP contribution in [0.5, 0.6) is 0 Å². The van der Waals surface area contributed by atoms with Gasteiger partial charge in [-0.15, -0.1) is 0 Å². The van der Waals surface area contributed by atoms with Crippen LogP contribution in [0.25, 0.3) is 0 Å². The first-order chi connectivity index (χ1) is 11.0. The van der Waals surface area contributed by atoms with Gasteiger partial charge in [-0.2, -0.15) is 5.26 Å². The van der Waals surface area contributed by atoms with Crippen molar-refractivity contribution >= 4 is 23.2 Å². The van der Waals surface area contributed by atoms with Gasteiger partial charge in [-0.25, -0.2) is 0 Å². The topological polar surface area (TPSA) is 71.1 Å². The highest BCUT2D eigenvalue weighted by molar-refractivity contribution is 6.30. The van der Waals surface area contributed by atoms with Gasteiger partial charge in [-0.05, 0) is 48.6 Å². The van der Waals surface area contributed by atoms with Crippen LogP contribution in [0.15, 0.2) is 41.0 Å². The lowest BCUT2D eigenvalue weighted by Gasteiger charge is -2.06. The Morgan fingerprint density at radius 3 is 2.57 bits per heavy atom. The first-order valence-corrected chi connectivity index (χ1v) is 7.68. The summed E-state index contributed by atoms with van der Waals surface area (Å²) in [6.45, 7) is 1.71. The van der Waals surface area contributed by atoms with Crippen molar-refractivity contribution in [3.63, 3.8) is 0 Å². The molecule has 0 amide bonds. The molecule has 1 aromatic carbocycles. The van der Waals surface area contributed by atoms with E-state index in [0.29, 0.717) is 17.0 Å². The van der Waals surface area contributed by atoms with Crippen molar-refractivity contribution in [2.45, 2.75) is 19.3 Å². The second kappa shape index (κ2) is 6.02. The van der Waals surface area contributed by atoms with E-state index in [1.54, 1.807) is 25.1 Å². The SMILES string of the molecule is Cc1ccoc1C(=O)[C@H](C#N)C(=O)[C@H]1C[C@@H]1c1ccc(Cl)cc1. The van der Waals surface area contributed by atoms with Crippen molar-refractivity contribution in [1.82, 2.24) is 0 Å². The summed E-state index contributed by atoms with van der Waals surface area (Å²) in [5.41, 5.74) is 1.64. The molecule has 0 aliphatic heterocycles. The van der Waals surface area contributed by atoms with E-state index in [0.717, 1.165) is 5.56 Å². The minimum absolute atomic E-state index is 0.0566. The van der Waals surface area contributed by atoms with E-state index in [1.165, 1.54) is 6.26 Å². The molecule has 5 heteroatoms. The van der Waals surface area contributed by atoms with Crippen LogP contribution in [0.3, 0.4) is 0 Å². The lowest BCUT2D eigenvalue weighted by molar-refractivity contribution is -0.121. The number of Topliss-reactive ketones (excluding diaryl/α,β-unsaturated/α-hetero) is 2. The Bertz CT molecular complexity index is 800. The molecule has 1 aliphatic rings. The minimum Gasteiger partial charge on any atom is -0.461 e. The van der Waals surface area contributed by atoms with Crippen LogP contribution in [0.4, 0.5) is 0 Å². The van der Waals surface area contributed by atoms with Crippen molar-refractivity contribution in [3.8, 4) is 6.07 Å². The molecule has 3 atom stereocenters. The van der Waals surface area contributed by atoms with Gasteiger partial charge in [0.25, 0.3) is 0 Å². The average Bonchev–Trinajstić information content (AvgIpc) is 3.22. The maximum Gasteiger partial charge on any atom is 0.222 e. The standard InChI is InChI=1S/C18H14ClNO3/c1-10-6-7-23-18(10)17(22)15(9-20)16(21)14-8-13(14)11-2-4-12(19)5-3-11/h2-7,13-15H,8H2,1H3/t13-,14+,15-/m1/s1. The van der Waals surface area contributed by atoms with Gasteiger partial charge in [0.1, 0.15) is 0 Å². The van der Waals surface area contributed by atoms with Gasteiger partial charge in [0.15, 0.2) is 17.5 Å². The molecule has 0 radical (unpaired) electrons. The zero-order valence-electron chi connectivity index (χ0n) is 12.5. The van der Waals surface area contributed by atoms with Gasteiger partial charge in [0, 0.05) is 10.9 Å². The van der Waals surface area contributed by atoms with E-state index in [2.05, 4.69) is 0 Å². The van der Waals surface area contributed by atoms with Crippen LogP contribution in [-0.2, 0) is 4.79 Å². The number of ketones is 2. The number of rotatable bonds is 5. The summed E-state index contributed by atoms with van der Waals surface area (Å²) in [7, 11) is 0. The smallest absolute Gasteiger partial charge is 0.222 e. The molecule has 3 rings (SSSR count). The van der Waals surface area contributed by atoms with Gasteiger partial charge in [-0.1, -0.05) is 23.7 Å². The van der Waals surface area contributed by atoms with Crippen molar-refractivity contribution in [3.05, 3.63) is 58.5 Å². The molecule has 1 aromatic heterocycles. The maximum absolute atomic E-state index is 12.5. The lowest BCUT2D eigenvalue weighted by atomic mass is 9.93. The van der Waals surface area contributed by atoms with Crippen molar-refractivity contribution in [2.24, 2.45) is 11.8 Å². The fourth-order valence-electron chi connectivity index (χ4n) is 2.81. The summed E-state index contributed by atoms with van der Waals surface area (Å²) in [4.78, 5) is 24.9. The first kappa shape index (κ1) is 15.5. The highest BCUT2D eigenvalue weighted by Gasteiger charge is 2.48. The van der Waals surface area contributed by atoms with Crippen molar-refractivity contribution < 1.29 is 14.0 Å². The Balaban J connectivity index is 1.75. The highest BCUT2D eigenvalue weighted by atomic mass is 35.5. The quantitative estimate of drug-likeness (QED) is 0.616. The van der Waals surface area contributed by atoms with Gasteiger partial charge in [-0.3, -0.25) is 9.59 Å². The van der Waals surface area contributed by atoms with Crippen LogP contribution >= 0.6 is 11.6 Å². The molecule has 0 spiro atoms. The molecule has 1 aliphatic carbocycles. The molecule has 4 nitrogen and oxygen atoms in total. The number of aryl methyl sites for hydroxylation is 1. The molecule has 0 bridgehead atoms. The molecule has 1 heterocycles. The zero-order chi connectivity index (χ0) is 16.6. The maximum atomic E-state index is 12.5. The molecule has 0 N–H and O–H groups in total. The van der Waals surface area contributed by atoms with Crippen LogP contribution in [0.2, 0.25) is 5.02 Å². The summed E-state index contributed by atoms with van der Waals surface area (Å²) in [6.07, 6.45) is 2.04. The number of carbonyl (C=O) groups is 2. The molecule has 1 saturated carbocycles. The number of benzene rings is 1. The normalized spacial score (nSPS) is 20.6. The second-order valence-electron chi connectivity index (χ2n) is 5.76. The highest BCUT2D eigenvalue weighted by Crippen LogP contribution is 2.49. The number of carbonyl (C=O) groups excluding carboxylic acids is 2. The van der Waals surface area contributed by atoms with E-state index in [9.17, 15) is 14.9 Å². The molecular weight excluding hydrogens is 314 g/mol. The van der Waals surface area contributed by atoms with Gasteiger partial charge in [0.2, 0.25) is 5.78 Å². The number of nitriles is 1. The van der Waals surface area contributed by atoms with E-state index in [-0.39, 0.29) is 23.4 Å². The third-order valence-corrected chi connectivity index (χ3v) is 4.47. The van der Waals surface area contributed by atoms with E-state index in [1.807, 2.05) is 18.2 Å². The zero-order valence-corrected chi connectivity index (χ0v) is 13.2. The number of furan rings is 1. The van der Waals surface area contributed by atoms with Crippen molar-refractivity contribution in [2.75, 3.05) is 0 Å². The van der Waals surface area contributed by atoms with Crippen LogP contribution < -0.4 is 0 Å². The second-order valence-corrected chi connectivity index (χ2v) is 6.20. The third kappa shape index (κ3) is 2.93. The fraction of sp³-hybridized carbons (Fsp3) is 0.278. The minimum atomic E-state index is -1.30. The Morgan fingerprint density at radius 2 is 2.00 bits per heavy atom. The van der Waals surface area contributed by atoms with Crippen LogP contribution in [0.1, 0.15) is 34.0 Å². The molecule has 2 aromatic rings. The van der Waals surface area contributed by atoms with Crippen LogP contribution in [0, 0.1) is 30.1 Å². The van der Waals surface area contributed by atoms with E-state index in [4.69, 9.17) is 16.0 Å². The summed E-state index contributed by atoms with van der Waals surface area (Å²) < 4.78 is 5.12. The van der Waals surface area contributed by atoms with Crippen molar-refractivity contribution in [1.29, 1.82) is 5.26 Å². The number of hydrogen-bond donors (Lipinski definition) is 0. The monoisotopic (exact) mass is 327 g/mol. The Kier molecular flexibility index (Phi) is 4.06. The van der Waals surface area contributed by atoms with Gasteiger partial charge in [0.05, 0.1) is 12.3 Å². The van der Waals surface area contributed by atoms with Crippen LogP contribution in [-0.4, -0.2) is 11.6 Å². The number of hydrogen-bond acceptors (Lipinski definition) is 4. The molecular formula is C18H14ClNO3. The summed E-state index contributed by atoms with van der Waals surface area (Å²) in [6, 6.07) is 10.8. The predicted octanol–water partition coefficient (Wildman–Crippen LogP) is 3.94. The fourth-order valence-corrected chi connectivity index (χ4v) is 2.94. The Labute approximate surface area is 138 Å². The first-order valence-electron chi connectivity index (χ1n) is 7.30. The van der Waals surface area contributed by atoms with Gasteiger partial charge >= 0.3 is 0 Å². The number of nitrogens with zero attached hydrogens (tertiary/aromatic N) is 1. The lowest BCUT2D eigenvalue weighted by Crippen LogP contribution is -2.24. The Morgan fingerprint density at radius 1 is 1.30 bits per heavy atom. The summed E-state index contributed by atoms with van der Waals surface area (Å²) in [5.74, 6) is -2.33.